The van der Waals surface area contributed by atoms with E-state index in [0.717, 1.165) is 31.2 Å². The molecule has 5 nitrogen and oxygen atoms in total. The fourth-order valence-corrected chi connectivity index (χ4v) is 2.82. The molecule has 0 saturated carbocycles. The molecule has 1 aliphatic rings. The van der Waals surface area contributed by atoms with Gasteiger partial charge in [-0.3, -0.25) is 14.6 Å². The van der Waals surface area contributed by atoms with E-state index in [2.05, 4.69) is 31.7 Å². The van der Waals surface area contributed by atoms with Gasteiger partial charge in [0.15, 0.2) is 10.6 Å². The van der Waals surface area contributed by atoms with Crippen LogP contribution < -0.4 is 0 Å². The van der Waals surface area contributed by atoms with E-state index in [-0.39, 0.29) is 0 Å². The maximum absolute atomic E-state index is 5.34. The largest absolute Gasteiger partial charge is 0.306 e. The molecule has 6 heteroatoms. The molecule has 100 valence electrons. The molecule has 1 fully saturated rings. The Hall–Kier alpha value is -1.53. The van der Waals surface area contributed by atoms with Crippen molar-refractivity contribution < 1.29 is 0 Å². The third kappa shape index (κ3) is 2.59. The summed E-state index contributed by atoms with van der Waals surface area (Å²) in [5.41, 5.74) is 0.862. The molecule has 1 N–H and O–H groups in total. The van der Waals surface area contributed by atoms with Crippen molar-refractivity contribution in [2.45, 2.75) is 13.0 Å². The average Bonchev–Trinajstić information content (AvgIpc) is 2.99. The van der Waals surface area contributed by atoms with Crippen molar-refractivity contribution in [3.05, 3.63) is 29.2 Å². The monoisotopic (exact) mass is 275 g/mol. The number of likely N-dealkylation sites (tertiary alicyclic amines) is 1. The van der Waals surface area contributed by atoms with Gasteiger partial charge in [-0.05, 0) is 50.3 Å². The van der Waals surface area contributed by atoms with Crippen molar-refractivity contribution in [3.63, 3.8) is 0 Å². The van der Waals surface area contributed by atoms with Crippen molar-refractivity contribution in [2.24, 2.45) is 5.92 Å². The Morgan fingerprint density at radius 1 is 1.47 bits per heavy atom. The first kappa shape index (κ1) is 12.5. The zero-order valence-corrected chi connectivity index (χ0v) is 11.7. The average molecular weight is 275 g/mol. The van der Waals surface area contributed by atoms with E-state index in [0.29, 0.717) is 10.7 Å². The van der Waals surface area contributed by atoms with Gasteiger partial charge in [-0.1, -0.05) is 6.07 Å². The molecule has 19 heavy (non-hydrogen) atoms. The predicted octanol–water partition coefficient (Wildman–Crippen LogP) is 1.95. The highest BCUT2D eigenvalue weighted by Crippen LogP contribution is 2.20. The van der Waals surface area contributed by atoms with E-state index in [4.69, 9.17) is 12.2 Å². The molecule has 0 aliphatic carbocycles. The summed E-state index contributed by atoms with van der Waals surface area (Å²) in [6.45, 7) is 3.19. The highest BCUT2D eigenvalue weighted by atomic mass is 32.1. The van der Waals surface area contributed by atoms with E-state index >= 15 is 0 Å². The van der Waals surface area contributed by atoms with Crippen LogP contribution >= 0.6 is 12.2 Å². The topological polar surface area (TPSA) is 49.7 Å². The Balaban J connectivity index is 1.89. The number of rotatable bonds is 3. The lowest BCUT2D eigenvalue weighted by molar-refractivity contribution is 0.378. The van der Waals surface area contributed by atoms with Gasteiger partial charge in [0.1, 0.15) is 5.69 Å². The van der Waals surface area contributed by atoms with Crippen LogP contribution in [0.5, 0.6) is 0 Å². The third-order valence-corrected chi connectivity index (χ3v) is 3.89. The Morgan fingerprint density at radius 2 is 2.37 bits per heavy atom. The van der Waals surface area contributed by atoms with E-state index in [9.17, 15) is 0 Å². The van der Waals surface area contributed by atoms with Crippen molar-refractivity contribution >= 4 is 12.2 Å². The Labute approximate surface area is 117 Å². The van der Waals surface area contributed by atoms with Crippen LogP contribution in [0.3, 0.4) is 0 Å². The second kappa shape index (κ2) is 5.22. The molecule has 2 aromatic rings. The van der Waals surface area contributed by atoms with Crippen LogP contribution in [0.15, 0.2) is 24.4 Å². The SMILES string of the molecule is CN1CCC(Cn2c(-c3ccccn3)n[nH]c2=S)C1. The van der Waals surface area contributed by atoms with E-state index in [1.165, 1.54) is 6.42 Å². The van der Waals surface area contributed by atoms with Gasteiger partial charge in [0.25, 0.3) is 0 Å². The van der Waals surface area contributed by atoms with Gasteiger partial charge in [-0.15, -0.1) is 0 Å². The number of hydrogen-bond acceptors (Lipinski definition) is 4. The second-order valence-corrected chi connectivity index (χ2v) is 5.48. The molecule has 0 spiro atoms. The number of pyridine rings is 1. The molecule has 3 heterocycles. The normalized spacial score (nSPS) is 19.9. The van der Waals surface area contributed by atoms with Gasteiger partial charge in [0.05, 0.1) is 0 Å². The summed E-state index contributed by atoms with van der Waals surface area (Å²) in [5, 5.41) is 7.20. The molecule has 1 saturated heterocycles. The van der Waals surface area contributed by atoms with Crippen LogP contribution in [-0.4, -0.2) is 44.8 Å². The summed E-state index contributed by atoms with van der Waals surface area (Å²) in [4.78, 5) is 6.71. The summed E-state index contributed by atoms with van der Waals surface area (Å²) in [6.07, 6.45) is 2.99. The fourth-order valence-electron chi connectivity index (χ4n) is 2.61. The van der Waals surface area contributed by atoms with Crippen molar-refractivity contribution in [3.8, 4) is 11.5 Å². The number of H-pyrrole nitrogens is 1. The van der Waals surface area contributed by atoms with E-state index < -0.39 is 0 Å². The molecule has 1 unspecified atom stereocenters. The maximum Gasteiger partial charge on any atom is 0.195 e. The summed E-state index contributed by atoms with van der Waals surface area (Å²) in [6, 6.07) is 5.83. The maximum atomic E-state index is 5.34. The van der Waals surface area contributed by atoms with Crippen LogP contribution in [0.25, 0.3) is 11.5 Å². The van der Waals surface area contributed by atoms with Gasteiger partial charge < -0.3 is 4.90 Å². The van der Waals surface area contributed by atoms with Crippen LogP contribution in [0.1, 0.15) is 6.42 Å². The molecule has 3 rings (SSSR count). The Kier molecular flexibility index (Phi) is 3.44. The molecular weight excluding hydrogens is 258 g/mol. The molecular formula is C13H17N5S. The van der Waals surface area contributed by atoms with Crippen LogP contribution in [0.2, 0.25) is 0 Å². The lowest BCUT2D eigenvalue weighted by atomic mass is 10.1. The van der Waals surface area contributed by atoms with Crippen LogP contribution in [0, 0.1) is 10.7 Å². The fraction of sp³-hybridized carbons (Fsp3) is 0.462. The predicted molar refractivity (Wildman–Crippen MR) is 76.2 cm³/mol. The van der Waals surface area contributed by atoms with Crippen molar-refractivity contribution in [2.75, 3.05) is 20.1 Å². The smallest absolute Gasteiger partial charge is 0.195 e. The summed E-state index contributed by atoms with van der Waals surface area (Å²) >= 11 is 5.34. The first-order valence-corrected chi connectivity index (χ1v) is 6.90. The van der Waals surface area contributed by atoms with Crippen LogP contribution in [0.4, 0.5) is 0 Å². The zero-order valence-electron chi connectivity index (χ0n) is 10.9. The van der Waals surface area contributed by atoms with Gasteiger partial charge >= 0.3 is 0 Å². The Morgan fingerprint density at radius 3 is 3.05 bits per heavy atom. The molecule has 0 bridgehead atoms. The second-order valence-electron chi connectivity index (χ2n) is 5.09. The molecule has 0 aromatic carbocycles. The minimum absolute atomic E-state index is 0.636. The number of hydrogen-bond donors (Lipinski definition) is 1. The Bertz CT molecular complexity index is 603. The zero-order chi connectivity index (χ0) is 13.2. The van der Waals surface area contributed by atoms with Gasteiger partial charge in [0.2, 0.25) is 0 Å². The number of nitrogens with one attached hydrogen (secondary N) is 1. The lowest BCUT2D eigenvalue weighted by Crippen LogP contribution is -2.17. The summed E-state index contributed by atoms with van der Waals surface area (Å²) in [5.74, 6) is 1.47. The molecule has 2 aromatic heterocycles. The highest BCUT2D eigenvalue weighted by Gasteiger charge is 2.21. The first-order valence-electron chi connectivity index (χ1n) is 6.49. The quantitative estimate of drug-likeness (QED) is 0.870. The van der Waals surface area contributed by atoms with Crippen LogP contribution in [-0.2, 0) is 6.54 Å². The highest BCUT2D eigenvalue weighted by molar-refractivity contribution is 7.71. The third-order valence-electron chi connectivity index (χ3n) is 3.58. The molecule has 1 aliphatic heterocycles. The summed E-state index contributed by atoms with van der Waals surface area (Å²) in [7, 11) is 2.16. The van der Waals surface area contributed by atoms with E-state index in [1.54, 1.807) is 6.20 Å². The van der Waals surface area contributed by atoms with E-state index in [1.807, 2.05) is 18.2 Å². The van der Waals surface area contributed by atoms with Crippen molar-refractivity contribution in [1.82, 2.24) is 24.6 Å². The first-order chi connectivity index (χ1) is 9.24. The molecule has 1 atom stereocenters. The number of nitrogens with zero attached hydrogens (tertiary/aromatic N) is 4. The molecule has 0 amide bonds. The number of aromatic amines is 1. The minimum atomic E-state index is 0.636. The minimum Gasteiger partial charge on any atom is -0.306 e. The van der Waals surface area contributed by atoms with Gasteiger partial charge in [-0.2, -0.15) is 5.10 Å². The summed E-state index contributed by atoms with van der Waals surface area (Å²) < 4.78 is 2.75. The van der Waals surface area contributed by atoms with Gasteiger partial charge in [0, 0.05) is 19.3 Å². The molecule has 0 radical (unpaired) electrons. The van der Waals surface area contributed by atoms with Gasteiger partial charge in [-0.25, -0.2) is 0 Å². The lowest BCUT2D eigenvalue weighted by Gasteiger charge is -2.12. The standard InChI is InChI=1S/C13H17N5S/c1-17-7-5-10(8-17)9-18-12(15-16-13(18)19)11-4-2-3-6-14-11/h2-4,6,10H,5,7-9H2,1H3,(H,16,19). The van der Waals surface area contributed by atoms with Crippen molar-refractivity contribution in [1.29, 1.82) is 0 Å². The number of aromatic nitrogens is 4.